The molecule has 0 radical (unpaired) electrons. The highest BCUT2D eigenvalue weighted by molar-refractivity contribution is 6.16. The van der Waals surface area contributed by atoms with Gasteiger partial charge in [-0.25, -0.2) is 4.39 Å². The normalized spacial score (nSPS) is 21.8. The summed E-state index contributed by atoms with van der Waals surface area (Å²) in [6.07, 6.45) is -4.63. The molecule has 1 aromatic heterocycles. The van der Waals surface area contributed by atoms with Crippen molar-refractivity contribution < 1.29 is 36.2 Å². The Labute approximate surface area is 177 Å². The Bertz CT molecular complexity index is 1360. The van der Waals surface area contributed by atoms with Gasteiger partial charge in [0.1, 0.15) is 29.4 Å². The fraction of sp³-hybridized carbons (Fsp3) is 0.227. The molecule has 1 atom stereocenters. The van der Waals surface area contributed by atoms with E-state index in [-0.39, 0.29) is 31.4 Å². The van der Waals surface area contributed by atoms with Crippen LogP contribution in [0.15, 0.2) is 45.8 Å². The number of halogens is 4. The first-order chi connectivity index (χ1) is 15.4. The van der Waals surface area contributed by atoms with Crippen LogP contribution < -0.4 is 19.1 Å². The Hall–Kier alpha value is -3.69. The highest BCUT2D eigenvalue weighted by atomic mass is 19.4. The van der Waals surface area contributed by atoms with Crippen LogP contribution in [-0.4, -0.2) is 19.2 Å². The van der Waals surface area contributed by atoms with E-state index in [2.05, 4.69) is 4.99 Å². The fourth-order valence-corrected chi connectivity index (χ4v) is 5.00. The predicted molar refractivity (Wildman–Crippen MR) is 102 cm³/mol. The second-order valence-corrected chi connectivity index (χ2v) is 7.99. The van der Waals surface area contributed by atoms with Crippen LogP contribution in [0, 0.1) is 5.82 Å². The zero-order valence-electron chi connectivity index (χ0n) is 16.1. The van der Waals surface area contributed by atoms with Crippen LogP contribution in [-0.2, 0) is 18.1 Å². The van der Waals surface area contributed by atoms with Gasteiger partial charge in [-0.1, -0.05) is 6.07 Å². The molecule has 7 rings (SSSR count). The number of hydrogen-bond acceptors (Lipinski definition) is 6. The molecule has 0 saturated carbocycles. The van der Waals surface area contributed by atoms with Crippen LogP contribution in [0.1, 0.15) is 22.5 Å². The lowest BCUT2D eigenvalue weighted by Crippen LogP contribution is -2.43. The number of alkyl halides is 3. The molecule has 0 fully saturated rings. The molecule has 0 bridgehead atoms. The number of fused-ring (bicyclic) bond motifs is 9. The SMILES string of the molecule is Fc1cccc2c1C1(COc3cc4c(cc31)OCO4)C1=Nc3oc(C(F)(F)F)cc3CN12. The zero-order valence-corrected chi connectivity index (χ0v) is 16.1. The molecule has 6 nitrogen and oxygen atoms in total. The van der Waals surface area contributed by atoms with Crippen LogP contribution in [0.2, 0.25) is 0 Å². The van der Waals surface area contributed by atoms with Crippen LogP contribution in [0.25, 0.3) is 0 Å². The average Bonchev–Trinajstić information content (AvgIpc) is 3.50. The van der Waals surface area contributed by atoms with Gasteiger partial charge in [-0.15, -0.1) is 0 Å². The summed E-state index contributed by atoms with van der Waals surface area (Å²) in [5.74, 6) is 0.122. The van der Waals surface area contributed by atoms with E-state index in [4.69, 9.17) is 18.6 Å². The second-order valence-electron chi connectivity index (χ2n) is 7.99. The van der Waals surface area contributed by atoms with E-state index in [1.165, 1.54) is 6.07 Å². The first kappa shape index (κ1) is 17.9. The number of ether oxygens (including phenoxy) is 3. The molecule has 5 heterocycles. The maximum Gasteiger partial charge on any atom is 0.449 e. The van der Waals surface area contributed by atoms with Crippen molar-refractivity contribution in [1.29, 1.82) is 0 Å². The lowest BCUT2D eigenvalue weighted by atomic mass is 9.76. The molecular weight excluding hydrogens is 432 g/mol. The van der Waals surface area contributed by atoms with Crippen molar-refractivity contribution >= 4 is 17.4 Å². The molecule has 0 N–H and O–H groups in total. The van der Waals surface area contributed by atoms with Gasteiger partial charge in [-0.3, -0.25) is 0 Å². The fourth-order valence-electron chi connectivity index (χ4n) is 5.00. The summed E-state index contributed by atoms with van der Waals surface area (Å²) >= 11 is 0. The quantitative estimate of drug-likeness (QED) is 0.462. The molecule has 1 spiro atoms. The number of benzene rings is 2. The molecule has 2 aromatic carbocycles. The van der Waals surface area contributed by atoms with Crippen molar-refractivity contribution in [2.45, 2.75) is 18.1 Å². The van der Waals surface area contributed by atoms with Gasteiger partial charge in [0, 0.05) is 22.8 Å². The van der Waals surface area contributed by atoms with Gasteiger partial charge >= 0.3 is 6.18 Å². The molecule has 32 heavy (non-hydrogen) atoms. The van der Waals surface area contributed by atoms with Gasteiger partial charge in [0.15, 0.2) is 11.5 Å². The highest BCUT2D eigenvalue weighted by Gasteiger charge is 2.58. The minimum Gasteiger partial charge on any atom is -0.491 e. The first-order valence-corrected chi connectivity index (χ1v) is 9.79. The topological polar surface area (TPSA) is 56.4 Å². The van der Waals surface area contributed by atoms with Crippen LogP contribution in [0.4, 0.5) is 29.1 Å². The summed E-state index contributed by atoms with van der Waals surface area (Å²) in [4.78, 5) is 6.20. The average molecular weight is 444 g/mol. The monoisotopic (exact) mass is 444 g/mol. The van der Waals surface area contributed by atoms with E-state index < -0.39 is 23.2 Å². The smallest absolute Gasteiger partial charge is 0.449 e. The third-order valence-electron chi connectivity index (χ3n) is 6.33. The van der Waals surface area contributed by atoms with E-state index in [0.717, 1.165) is 6.07 Å². The van der Waals surface area contributed by atoms with E-state index in [1.54, 1.807) is 29.2 Å². The van der Waals surface area contributed by atoms with Crippen molar-refractivity contribution in [3.8, 4) is 17.2 Å². The molecule has 0 amide bonds. The lowest BCUT2D eigenvalue weighted by molar-refractivity contribution is -0.152. The molecule has 10 heteroatoms. The number of furan rings is 1. The predicted octanol–water partition coefficient (Wildman–Crippen LogP) is 4.91. The van der Waals surface area contributed by atoms with E-state index >= 15 is 4.39 Å². The zero-order chi connectivity index (χ0) is 21.8. The van der Waals surface area contributed by atoms with Gasteiger partial charge in [0.2, 0.25) is 18.4 Å². The Morgan fingerprint density at radius 2 is 1.81 bits per heavy atom. The third-order valence-corrected chi connectivity index (χ3v) is 6.33. The standard InChI is InChI=1S/C22H12F4N2O4/c23-12-2-1-3-13-18(12)21(8-29-14-6-16-15(5-11(14)21)30-9-31-16)20-27-19-10(7-28(13)20)4-17(32-19)22(24,25)26/h1-6H,7-9H2. The molecule has 162 valence electrons. The van der Waals surface area contributed by atoms with Crippen LogP contribution >= 0.6 is 0 Å². The molecule has 1 unspecified atom stereocenters. The summed E-state index contributed by atoms with van der Waals surface area (Å²) in [6, 6.07) is 8.99. The van der Waals surface area contributed by atoms with Gasteiger partial charge in [-0.2, -0.15) is 18.2 Å². The molecule has 4 aliphatic heterocycles. The summed E-state index contributed by atoms with van der Waals surface area (Å²) in [5, 5.41) is 0. The van der Waals surface area contributed by atoms with Crippen molar-refractivity contribution in [2.24, 2.45) is 4.99 Å². The molecule has 0 aliphatic carbocycles. The Balaban J connectivity index is 1.50. The van der Waals surface area contributed by atoms with Gasteiger partial charge in [-0.05, 0) is 24.3 Å². The number of aliphatic imine (C=N–C) groups is 1. The largest absolute Gasteiger partial charge is 0.491 e. The second kappa shape index (κ2) is 5.56. The summed E-state index contributed by atoms with van der Waals surface area (Å²) in [5.41, 5.74) is 0.606. The Morgan fingerprint density at radius 3 is 2.62 bits per heavy atom. The number of hydrogen-bond donors (Lipinski definition) is 0. The van der Waals surface area contributed by atoms with Crippen molar-refractivity contribution in [3.05, 3.63) is 64.7 Å². The first-order valence-electron chi connectivity index (χ1n) is 9.79. The van der Waals surface area contributed by atoms with Crippen LogP contribution in [0.5, 0.6) is 17.2 Å². The lowest BCUT2D eigenvalue weighted by Gasteiger charge is -2.29. The molecule has 4 aliphatic rings. The van der Waals surface area contributed by atoms with Crippen molar-refractivity contribution in [3.63, 3.8) is 0 Å². The third kappa shape index (κ3) is 2.07. The molecular formula is C22H12F4N2O4. The van der Waals surface area contributed by atoms with Crippen molar-refractivity contribution in [1.82, 2.24) is 0 Å². The van der Waals surface area contributed by atoms with Gasteiger partial charge < -0.3 is 23.5 Å². The van der Waals surface area contributed by atoms with Crippen molar-refractivity contribution in [2.75, 3.05) is 18.3 Å². The number of nitrogens with zero attached hydrogens (tertiary/aromatic N) is 2. The number of amidine groups is 1. The summed E-state index contributed by atoms with van der Waals surface area (Å²) in [6.45, 7) is 0.141. The maximum atomic E-state index is 15.3. The maximum absolute atomic E-state index is 15.3. The summed E-state index contributed by atoms with van der Waals surface area (Å²) in [7, 11) is 0. The Morgan fingerprint density at radius 1 is 1.00 bits per heavy atom. The summed E-state index contributed by atoms with van der Waals surface area (Å²) < 4.78 is 76.9. The minimum atomic E-state index is -4.63. The molecule has 3 aromatic rings. The number of rotatable bonds is 0. The van der Waals surface area contributed by atoms with Gasteiger partial charge in [0.25, 0.3) is 0 Å². The van der Waals surface area contributed by atoms with Gasteiger partial charge in [0.05, 0.1) is 12.2 Å². The highest BCUT2D eigenvalue weighted by Crippen LogP contribution is 2.58. The van der Waals surface area contributed by atoms with Crippen LogP contribution in [0.3, 0.4) is 0 Å². The molecule has 0 saturated heterocycles. The minimum absolute atomic E-state index is 0.0245. The van der Waals surface area contributed by atoms with E-state index in [0.29, 0.717) is 39.9 Å². The van der Waals surface area contributed by atoms with E-state index in [9.17, 15) is 13.2 Å². The Kier molecular flexibility index (Phi) is 3.12. The number of anilines is 1. The van der Waals surface area contributed by atoms with E-state index in [1.807, 2.05) is 0 Å².